The molecular formula is C41H82NO7P. The van der Waals surface area contributed by atoms with Gasteiger partial charge in [0.25, 0.3) is 7.82 Å². The van der Waals surface area contributed by atoms with Crippen molar-refractivity contribution in [2.75, 3.05) is 54.1 Å². The lowest BCUT2D eigenvalue weighted by Gasteiger charge is -2.28. The van der Waals surface area contributed by atoms with Crippen LogP contribution in [-0.2, 0) is 27.9 Å². The number of hydrogen-bond acceptors (Lipinski definition) is 7. The van der Waals surface area contributed by atoms with Gasteiger partial charge < -0.3 is 27.9 Å². The highest BCUT2D eigenvalue weighted by molar-refractivity contribution is 7.45. The summed E-state index contributed by atoms with van der Waals surface area (Å²) in [6.07, 6.45) is 36.4. The second kappa shape index (κ2) is 35.3. The maximum atomic E-state index is 12.6. The van der Waals surface area contributed by atoms with Crippen molar-refractivity contribution in [1.29, 1.82) is 0 Å². The number of unbranched alkanes of at least 4 members (excludes halogenated alkanes) is 23. The molecule has 0 fully saturated rings. The fraction of sp³-hybridized carbons (Fsp3) is 0.927. The van der Waals surface area contributed by atoms with Crippen LogP contribution in [0.15, 0.2) is 12.2 Å². The highest BCUT2D eigenvalue weighted by atomic mass is 31.2. The number of phosphoric ester groups is 1. The average Bonchev–Trinajstić information content (AvgIpc) is 3.06. The summed E-state index contributed by atoms with van der Waals surface area (Å²) >= 11 is 0. The maximum Gasteiger partial charge on any atom is 0.306 e. The van der Waals surface area contributed by atoms with E-state index in [1.54, 1.807) is 0 Å². The summed E-state index contributed by atoms with van der Waals surface area (Å²) < 4.78 is 34.5. The maximum absolute atomic E-state index is 12.6. The van der Waals surface area contributed by atoms with E-state index in [0.29, 0.717) is 24.1 Å². The Labute approximate surface area is 310 Å². The van der Waals surface area contributed by atoms with E-state index in [9.17, 15) is 14.3 Å². The molecule has 298 valence electrons. The van der Waals surface area contributed by atoms with Crippen molar-refractivity contribution in [2.45, 2.75) is 193 Å². The number of ether oxygens (including phenoxy) is 2. The van der Waals surface area contributed by atoms with Crippen molar-refractivity contribution < 1.29 is 37.3 Å². The molecule has 0 aliphatic carbocycles. The van der Waals surface area contributed by atoms with Gasteiger partial charge in [-0.25, -0.2) is 0 Å². The third kappa shape index (κ3) is 38.5. The zero-order valence-electron chi connectivity index (χ0n) is 33.6. The third-order valence-corrected chi connectivity index (χ3v) is 10.0. The zero-order chi connectivity index (χ0) is 37.0. The smallest absolute Gasteiger partial charge is 0.306 e. The summed E-state index contributed by atoms with van der Waals surface area (Å²) in [6.45, 7) is 5.42. The highest BCUT2D eigenvalue weighted by Gasteiger charge is 2.20. The molecule has 0 rings (SSSR count). The van der Waals surface area contributed by atoms with Crippen LogP contribution in [-0.4, -0.2) is 70.7 Å². The van der Waals surface area contributed by atoms with Gasteiger partial charge in [-0.3, -0.25) is 9.36 Å². The van der Waals surface area contributed by atoms with Crippen LogP contribution in [0, 0.1) is 0 Å². The van der Waals surface area contributed by atoms with E-state index in [-0.39, 0.29) is 25.8 Å². The van der Waals surface area contributed by atoms with Gasteiger partial charge in [0.05, 0.1) is 34.4 Å². The Morgan fingerprint density at radius 2 is 1.04 bits per heavy atom. The number of likely N-dealkylation sites (N-methyl/N-ethyl adjacent to an activating group) is 1. The first-order chi connectivity index (χ1) is 24.1. The van der Waals surface area contributed by atoms with E-state index < -0.39 is 13.9 Å². The monoisotopic (exact) mass is 732 g/mol. The summed E-state index contributed by atoms with van der Waals surface area (Å²) in [5, 5.41) is 0. The number of hydrogen-bond donors (Lipinski definition) is 0. The normalized spacial score (nSPS) is 14.0. The molecule has 0 aliphatic heterocycles. The predicted octanol–water partition coefficient (Wildman–Crippen LogP) is 11.3. The molecule has 50 heavy (non-hydrogen) atoms. The molecule has 0 amide bonds. The molecule has 0 saturated carbocycles. The molecule has 0 spiro atoms. The average molecular weight is 732 g/mol. The summed E-state index contributed by atoms with van der Waals surface area (Å²) in [5.74, 6) is -0.337. The highest BCUT2D eigenvalue weighted by Crippen LogP contribution is 2.38. The molecule has 8 nitrogen and oxygen atoms in total. The number of allylic oxidation sites excluding steroid dienone is 2. The minimum absolute atomic E-state index is 0.0282. The van der Waals surface area contributed by atoms with E-state index in [0.717, 1.165) is 32.1 Å². The lowest BCUT2D eigenvalue weighted by atomic mass is 10.1. The SMILES string of the molecule is CCCCCCCCC/C=C\CCCCCCCCCC(=O)OC(COCCCCCCCCCCCC)COP(=O)([O-])OCC[N+](C)(C)C. The van der Waals surface area contributed by atoms with E-state index >= 15 is 0 Å². The minimum Gasteiger partial charge on any atom is -0.756 e. The number of carbonyl (C=O) groups excluding carboxylic acids is 1. The van der Waals surface area contributed by atoms with Gasteiger partial charge in [-0.05, 0) is 38.5 Å². The number of phosphoric acid groups is 1. The van der Waals surface area contributed by atoms with Crippen molar-refractivity contribution in [3.05, 3.63) is 12.2 Å². The van der Waals surface area contributed by atoms with E-state index in [4.69, 9.17) is 18.5 Å². The Bertz CT molecular complexity index is 817. The summed E-state index contributed by atoms with van der Waals surface area (Å²) in [6, 6.07) is 0. The Balaban J connectivity index is 4.20. The molecule has 0 radical (unpaired) electrons. The largest absolute Gasteiger partial charge is 0.756 e. The van der Waals surface area contributed by atoms with Gasteiger partial charge in [0.1, 0.15) is 19.3 Å². The molecule has 0 saturated heterocycles. The van der Waals surface area contributed by atoms with Crippen molar-refractivity contribution in [2.24, 2.45) is 0 Å². The first-order valence-corrected chi connectivity index (χ1v) is 22.4. The second-order valence-corrected chi connectivity index (χ2v) is 16.8. The van der Waals surface area contributed by atoms with Crippen LogP contribution in [0.2, 0.25) is 0 Å². The lowest BCUT2D eigenvalue weighted by Crippen LogP contribution is -2.37. The molecule has 9 heteroatoms. The predicted molar refractivity (Wildman–Crippen MR) is 208 cm³/mol. The van der Waals surface area contributed by atoms with Crippen molar-refractivity contribution in [3.8, 4) is 0 Å². The third-order valence-electron chi connectivity index (χ3n) is 9.07. The second-order valence-electron chi connectivity index (χ2n) is 15.4. The van der Waals surface area contributed by atoms with Crippen LogP contribution in [0.1, 0.15) is 187 Å². The van der Waals surface area contributed by atoms with Gasteiger partial charge in [0.15, 0.2) is 0 Å². The topological polar surface area (TPSA) is 94.1 Å². The van der Waals surface area contributed by atoms with E-state index in [1.807, 2.05) is 21.1 Å². The van der Waals surface area contributed by atoms with Crippen molar-refractivity contribution >= 4 is 13.8 Å². The molecule has 0 aromatic carbocycles. The van der Waals surface area contributed by atoms with Gasteiger partial charge in [-0.15, -0.1) is 0 Å². The Hall–Kier alpha value is -0.760. The van der Waals surface area contributed by atoms with Crippen molar-refractivity contribution in [1.82, 2.24) is 0 Å². The molecule has 0 aromatic heterocycles. The number of carbonyl (C=O) groups is 1. The minimum atomic E-state index is -4.51. The van der Waals surface area contributed by atoms with Gasteiger partial charge in [-0.2, -0.15) is 0 Å². The Kier molecular flexibility index (Phi) is 34.7. The van der Waals surface area contributed by atoms with Crippen LogP contribution in [0.3, 0.4) is 0 Å². The zero-order valence-corrected chi connectivity index (χ0v) is 34.5. The molecule has 0 heterocycles. The van der Waals surface area contributed by atoms with Crippen LogP contribution in [0.5, 0.6) is 0 Å². The summed E-state index contributed by atoms with van der Waals surface area (Å²) in [4.78, 5) is 25.0. The molecule has 0 aromatic rings. The Morgan fingerprint density at radius 3 is 1.52 bits per heavy atom. The molecule has 0 N–H and O–H groups in total. The summed E-state index contributed by atoms with van der Waals surface area (Å²) in [7, 11) is 1.36. The fourth-order valence-electron chi connectivity index (χ4n) is 5.78. The summed E-state index contributed by atoms with van der Waals surface area (Å²) in [5.41, 5.74) is 0. The number of esters is 1. The quantitative estimate of drug-likeness (QED) is 0.0204. The van der Waals surface area contributed by atoms with Crippen molar-refractivity contribution in [3.63, 3.8) is 0 Å². The molecular weight excluding hydrogens is 649 g/mol. The van der Waals surface area contributed by atoms with Crippen LogP contribution < -0.4 is 4.89 Å². The van der Waals surface area contributed by atoms with Crippen LogP contribution in [0.4, 0.5) is 0 Å². The first-order valence-electron chi connectivity index (χ1n) is 20.9. The number of rotatable bonds is 39. The Morgan fingerprint density at radius 1 is 0.600 bits per heavy atom. The van der Waals surface area contributed by atoms with E-state index in [2.05, 4.69) is 26.0 Å². The molecule has 2 atom stereocenters. The standard InChI is InChI=1S/C41H82NO7P/c1-6-8-10-12-14-16-18-19-20-21-22-23-24-25-26-28-30-32-34-41(43)49-40(39-48-50(44,45)47-37-35-42(3,4)5)38-46-36-33-31-29-27-17-15-13-11-9-7-2/h20-21,40H,6-19,22-39H2,1-5H3/b21-20-. The number of quaternary nitrogens is 1. The van der Waals surface area contributed by atoms with Gasteiger partial charge >= 0.3 is 5.97 Å². The molecule has 2 unspecified atom stereocenters. The number of nitrogens with zero attached hydrogens (tertiary/aromatic N) is 1. The first kappa shape index (κ1) is 49.2. The molecule has 0 aliphatic rings. The fourth-order valence-corrected chi connectivity index (χ4v) is 6.50. The molecule has 0 bridgehead atoms. The van der Waals surface area contributed by atoms with Gasteiger partial charge in [0, 0.05) is 13.0 Å². The van der Waals surface area contributed by atoms with Crippen LogP contribution in [0.25, 0.3) is 0 Å². The van der Waals surface area contributed by atoms with Crippen LogP contribution >= 0.6 is 7.82 Å². The van der Waals surface area contributed by atoms with Gasteiger partial charge in [0.2, 0.25) is 0 Å². The lowest BCUT2D eigenvalue weighted by molar-refractivity contribution is -0.870. The van der Waals surface area contributed by atoms with E-state index in [1.165, 1.54) is 135 Å². The van der Waals surface area contributed by atoms with Gasteiger partial charge in [-0.1, -0.05) is 154 Å².